The second-order valence-corrected chi connectivity index (χ2v) is 8.16. The fourth-order valence-corrected chi connectivity index (χ4v) is 3.90. The molecular weight excluding hydrogens is 394 g/mol. The summed E-state index contributed by atoms with van der Waals surface area (Å²) in [6.07, 6.45) is 3.91. The summed E-state index contributed by atoms with van der Waals surface area (Å²) in [6.45, 7) is 2.06. The molecule has 3 aromatic carbocycles. The fourth-order valence-electron chi connectivity index (χ4n) is 3.68. The van der Waals surface area contributed by atoms with Crippen molar-refractivity contribution in [1.29, 1.82) is 0 Å². The van der Waals surface area contributed by atoms with E-state index in [1.807, 2.05) is 48.5 Å². The van der Waals surface area contributed by atoms with Crippen molar-refractivity contribution in [3.05, 3.63) is 83.0 Å². The van der Waals surface area contributed by atoms with Crippen LogP contribution in [0.4, 0.5) is 0 Å². The number of nitrogens with one attached hydrogen (secondary N) is 1. The third kappa shape index (κ3) is 3.55. The van der Waals surface area contributed by atoms with E-state index in [1.54, 1.807) is 6.20 Å². The zero-order valence-corrected chi connectivity index (χ0v) is 17.3. The van der Waals surface area contributed by atoms with Gasteiger partial charge in [-0.1, -0.05) is 48.0 Å². The number of aryl methyl sites for hydroxylation is 1. The highest BCUT2D eigenvalue weighted by molar-refractivity contribution is 6.33. The van der Waals surface area contributed by atoms with Crippen LogP contribution < -0.4 is 5.32 Å². The molecule has 0 atom stereocenters. The second kappa shape index (κ2) is 7.54. The lowest BCUT2D eigenvalue weighted by atomic mass is 9.95. The summed E-state index contributed by atoms with van der Waals surface area (Å²) >= 11 is 6.39. The largest absolute Gasteiger partial charge is 0.349 e. The molecule has 4 aromatic rings. The number of hydrogen-bond donors (Lipinski definition) is 1. The summed E-state index contributed by atoms with van der Waals surface area (Å²) in [5.41, 5.74) is 5.51. The van der Waals surface area contributed by atoms with Gasteiger partial charge < -0.3 is 5.32 Å². The molecule has 0 aliphatic heterocycles. The molecule has 1 saturated carbocycles. The molecule has 0 saturated heterocycles. The number of carbonyl (C=O) groups is 1. The van der Waals surface area contributed by atoms with Crippen LogP contribution in [0, 0.1) is 6.92 Å². The molecule has 0 radical (unpaired) electrons. The van der Waals surface area contributed by atoms with E-state index in [-0.39, 0.29) is 5.91 Å². The summed E-state index contributed by atoms with van der Waals surface area (Å²) in [5, 5.41) is 14.2. The van der Waals surface area contributed by atoms with Crippen LogP contribution >= 0.6 is 11.6 Å². The summed E-state index contributed by atoms with van der Waals surface area (Å²) in [4.78, 5) is 12.5. The number of benzene rings is 3. The number of rotatable bonds is 4. The van der Waals surface area contributed by atoms with Crippen molar-refractivity contribution in [2.75, 3.05) is 0 Å². The molecule has 0 unspecified atom stereocenters. The summed E-state index contributed by atoms with van der Waals surface area (Å²) in [5.74, 6) is -0.00795. The monoisotopic (exact) mass is 413 g/mol. The predicted octanol–water partition coefficient (Wildman–Crippen LogP) is 5.82. The van der Waals surface area contributed by atoms with Crippen LogP contribution in [0.2, 0.25) is 5.02 Å². The Morgan fingerprint density at radius 2 is 1.87 bits per heavy atom. The smallest absolute Gasteiger partial charge is 0.251 e. The summed E-state index contributed by atoms with van der Waals surface area (Å²) < 4.78 is 0. The number of aromatic nitrogens is 2. The zero-order valence-electron chi connectivity index (χ0n) is 16.5. The quantitative estimate of drug-likeness (QED) is 0.458. The molecule has 1 amide bonds. The number of amides is 1. The van der Waals surface area contributed by atoms with Crippen molar-refractivity contribution < 1.29 is 4.79 Å². The minimum absolute atomic E-state index is 0.00795. The molecule has 1 N–H and O–H groups in total. The first-order valence-electron chi connectivity index (χ1n) is 10.0. The average molecular weight is 414 g/mol. The molecule has 1 heterocycles. The third-order valence-electron chi connectivity index (χ3n) is 5.51. The van der Waals surface area contributed by atoms with Crippen molar-refractivity contribution >= 4 is 28.3 Å². The minimum atomic E-state index is -0.00795. The first-order valence-corrected chi connectivity index (χ1v) is 10.4. The standard InChI is InChI=1S/C25H20ClN3O/c1-15-6-7-17(25(30)28-19-9-10-19)13-22(15)16-8-11-20-18(12-16)14-27-29-24(20)21-4-2-3-5-23(21)26/h2-8,11-14,19H,9-10H2,1H3,(H,28,30). The summed E-state index contributed by atoms with van der Waals surface area (Å²) in [6, 6.07) is 20.1. The van der Waals surface area contributed by atoms with Crippen LogP contribution in [0.5, 0.6) is 0 Å². The van der Waals surface area contributed by atoms with Crippen LogP contribution in [-0.2, 0) is 0 Å². The second-order valence-electron chi connectivity index (χ2n) is 7.75. The van der Waals surface area contributed by atoms with Crippen molar-refractivity contribution in [1.82, 2.24) is 15.5 Å². The highest BCUT2D eigenvalue weighted by Gasteiger charge is 2.24. The normalized spacial score (nSPS) is 13.4. The minimum Gasteiger partial charge on any atom is -0.349 e. The van der Waals surface area contributed by atoms with Crippen molar-refractivity contribution in [3.63, 3.8) is 0 Å². The van der Waals surface area contributed by atoms with Crippen molar-refractivity contribution in [3.8, 4) is 22.4 Å². The number of hydrogen-bond acceptors (Lipinski definition) is 3. The summed E-state index contributed by atoms with van der Waals surface area (Å²) in [7, 11) is 0. The van der Waals surface area contributed by atoms with Crippen molar-refractivity contribution in [2.45, 2.75) is 25.8 Å². The van der Waals surface area contributed by atoms with Crippen LogP contribution in [-0.4, -0.2) is 22.1 Å². The third-order valence-corrected chi connectivity index (χ3v) is 5.84. The van der Waals surface area contributed by atoms with E-state index in [0.717, 1.165) is 51.6 Å². The molecular formula is C25H20ClN3O. The number of carbonyl (C=O) groups excluding carboxylic acids is 1. The molecule has 5 rings (SSSR count). The SMILES string of the molecule is Cc1ccc(C(=O)NC2CC2)cc1-c1ccc2c(-c3ccccc3Cl)nncc2c1. The Kier molecular flexibility index (Phi) is 4.72. The number of nitrogens with zero attached hydrogens (tertiary/aromatic N) is 2. The van der Waals surface area contributed by atoms with E-state index in [0.29, 0.717) is 16.6 Å². The van der Waals surface area contributed by atoms with Crippen LogP contribution in [0.25, 0.3) is 33.2 Å². The Morgan fingerprint density at radius 1 is 1.03 bits per heavy atom. The Morgan fingerprint density at radius 3 is 2.67 bits per heavy atom. The zero-order chi connectivity index (χ0) is 20.7. The van der Waals surface area contributed by atoms with Gasteiger partial charge in [0.1, 0.15) is 5.69 Å². The van der Waals surface area contributed by atoms with Crippen LogP contribution in [0.1, 0.15) is 28.8 Å². The van der Waals surface area contributed by atoms with Gasteiger partial charge in [-0.25, -0.2) is 0 Å². The van der Waals surface area contributed by atoms with Gasteiger partial charge in [-0.2, -0.15) is 5.10 Å². The maximum Gasteiger partial charge on any atom is 0.251 e. The number of halogens is 1. The van der Waals surface area contributed by atoms with Gasteiger partial charge in [0.05, 0.1) is 11.2 Å². The topological polar surface area (TPSA) is 54.9 Å². The van der Waals surface area contributed by atoms with Gasteiger partial charge >= 0.3 is 0 Å². The Balaban J connectivity index is 1.58. The molecule has 1 aliphatic rings. The molecule has 4 nitrogen and oxygen atoms in total. The highest BCUT2D eigenvalue weighted by Crippen LogP contribution is 2.34. The molecule has 1 aliphatic carbocycles. The molecule has 1 fully saturated rings. The lowest BCUT2D eigenvalue weighted by molar-refractivity contribution is 0.0951. The van der Waals surface area contributed by atoms with E-state index in [1.165, 1.54) is 0 Å². The molecule has 0 bridgehead atoms. The van der Waals surface area contributed by atoms with Gasteiger partial charge in [-0.15, -0.1) is 5.10 Å². The molecule has 30 heavy (non-hydrogen) atoms. The van der Waals surface area contributed by atoms with Crippen LogP contribution in [0.15, 0.2) is 66.9 Å². The first-order chi connectivity index (χ1) is 14.6. The van der Waals surface area contributed by atoms with Gasteiger partial charge in [0.2, 0.25) is 0 Å². The Hall–Kier alpha value is -3.24. The van der Waals surface area contributed by atoms with E-state index < -0.39 is 0 Å². The van der Waals surface area contributed by atoms with Crippen LogP contribution in [0.3, 0.4) is 0 Å². The first kappa shape index (κ1) is 18.8. The van der Waals surface area contributed by atoms with Gasteiger partial charge in [-0.3, -0.25) is 4.79 Å². The van der Waals surface area contributed by atoms with Gasteiger partial charge in [0, 0.05) is 27.9 Å². The average Bonchev–Trinajstić information content (AvgIpc) is 3.57. The Bertz CT molecular complexity index is 1280. The Labute approximate surface area is 179 Å². The molecule has 1 aromatic heterocycles. The van der Waals surface area contributed by atoms with Gasteiger partial charge in [-0.05, 0) is 60.7 Å². The predicted molar refractivity (Wildman–Crippen MR) is 121 cm³/mol. The van der Waals surface area contributed by atoms with E-state index in [9.17, 15) is 4.79 Å². The lowest BCUT2D eigenvalue weighted by Gasteiger charge is -2.12. The highest BCUT2D eigenvalue weighted by atomic mass is 35.5. The van der Waals surface area contributed by atoms with E-state index in [2.05, 4.69) is 34.6 Å². The fraction of sp³-hybridized carbons (Fsp3) is 0.160. The lowest BCUT2D eigenvalue weighted by Crippen LogP contribution is -2.25. The molecule has 148 valence electrons. The molecule has 0 spiro atoms. The maximum absolute atomic E-state index is 12.5. The molecule has 5 heteroatoms. The van der Waals surface area contributed by atoms with E-state index >= 15 is 0 Å². The van der Waals surface area contributed by atoms with Crippen molar-refractivity contribution in [2.24, 2.45) is 0 Å². The maximum atomic E-state index is 12.5. The van der Waals surface area contributed by atoms with Gasteiger partial charge in [0.15, 0.2) is 0 Å². The van der Waals surface area contributed by atoms with E-state index in [4.69, 9.17) is 11.6 Å². The van der Waals surface area contributed by atoms with Gasteiger partial charge in [0.25, 0.3) is 5.91 Å². The number of fused-ring (bicyclic) bond motifs is 1.